The molecule has 5 heteroatoms. The summed E-state index contributed by atoms with van der Waals surface area (Å²) in [5.74, 6) is -2.51. The van der Waals surface area contributed by atoms with Crippen LogP contribution in [0, 0.1) is 11.8 Å². The van der Waals surface area contributed by atoms with E-state index in [4.69, 9.17) is 0 Å². The number of carbonyl (C=O) groups excluding carboxylic acids is 3. The van der Waals surface area contributed by atoms with E-state index in [9.17, 15) is 19.5 Å². The lowest BCUT2D eigenvalue weighted by Gasteiger charge is -2.45. The summed E-state index contributed by atoms with van der Waals surface area (Å²) in [5, 5.41) is 10.7. The highest BCUT2D eigenvalue weighted by Crippen LogP contribution is 2.60. The largest absolute Gasteiger partial charge is 0.550 e. The molecule has 0 spiro atoms. The molecular weight excluding hydrogens is 342 g/mol. The monoisotopic (exact) mass is 360 g/mol. The third-order valence-corrected chi connectivity index (χ3v) is 6.30. The first-order chi connectivity index (χ1) is 13.1. The Hall–Kier alpha value is -2.95. The van der Waals surface area contributed by atoms with Gasteiger partial charge in [0.2, 0.25) is 11.8 Å². The van der Waals surface area contributed by atoms with Gasteiger partial charge in [0, 0.05) is 24.3 Å². The average Bonchev–Trinajstić information content (AvgIpc) is 2.93. The number of carboxylic acid groups (broad SMARTS) is 1. The molecule has 1 saturated heterocycles. The summed E-state index contributed by atoms with van der Waals surface area (Å²) < 4.78 is 0. The summed E-state index contributed by atoms with van der Waals surface area (Å²) in [6.45, 7) is 0.144. The molecule has 6 rings (SSSR count). The van der Waals surface area contributed by atoms with Gasteiger partial charge in [0.1, 0.15) is 0 Å². The number of imide groups is 1. The van der Waals surface area contributed by atoms with Crippen LogP contribution in [-0.2, 0) is 14.4 Å². The molecule has 2 aromatic rings. The van der Waals surface area contributed by atoms with Crippen molar-refractivity contribution in [1.29, 1.82) is 0 Å². The molecule has 2 aromatic carbocycles. The summed E-state index contributed by atoms with van der Waals surface area (Å²) in [6, 6.07) is 16.2. The van der Waals surface area contributed by atoms with Crippen molar-refractivity contribution < 1.29 is 19.5 Å². The van der Waals surface area contributed by atoms with E-state index in [-0.39, 0.29) is 43.0 Å². The van der Waals surface area contributed by atoms with Gasteiger partial charge in [-0.3, -0.25) is 14.5 Å². The zero-order valence-electron chi connectivity index (χ0n) is 14.6. The molecule has 0 N–H and O–H groups in total. The maximum Gasteiger partial charge on any atom is 0.234 e. The van der Waals surface area contributed by atoms with Crippen LogP contribution >= 0.6 is 0 Å². The van der Waals surface area contributed by atoms with E-state index in [1.54, 1.807) is 0 Å². The van der Waals surface area contributed by atoms with Crippen LogP contribution in [0.15, 0.2) is 48.5 Å². The van der Waals surface area contributed by atoms with Crippen LogP contribution in [0.5, 0.6) is 0 Å². The van der Waals surface area contributed by atoms with Crippen LogP contribution in [-0.4, -0.2) is 29.2 Å². The number of amides is 2. The molecule has 1 heterocycles. The number of nitrogens with zero attached hydrogens (tertiary/aromatic N) is 1. The number of benzene rings is 2. The number of rotatable bonds is 4. The molecule has 0 unspecified atom stereocenters. The van der Waals surface area contributed by atoms with E-state index in [1.165, 1.54) is 4.90 Å². The zero-order valence-corrected chi connectivity index (χ0v) is 14.6. The minimum atomic E-state index is -1.16. The predicted octanol–water partition coefficient (Wildman–Crippen LogP) is 1.41. The lowest BCUT2D eigenvalue weighted by molar-refractivity contribution is -0.305. The second-order valence-corrected chi connectivity index (χ2v) is 7.57. The van der Waals surface area contributed by atoms with Crippen LogP contribution in [0.3, 0.4) is 0 Å². The van der Waals surface area contributed by atoms with E-state index in [0.29, 0.717) is 0 Å². The van der Waals surface area contributed by atoms with Gasteiger partial charge in [0.15, 0.2) is 0 Å². The molecular formula is C22H18NO4-. The van der Waals surface area contributed by atoms with Gasteiger partial charge in [-0.1, -0.05) is 48.5 Å². The molecule has 0 saturated carbocycles. The first kappa shape index (κ1) is 16.2. The number of carboxylic acids is 1. The van der Waals surface area contributed by atoms with Crippen molar-refractivity contribution in [3.05, 3.63) is 70.8 Å². The number of hydrogen-bond donors (Lipinski definition) is 0. The predicted molar refractivity (Wildman–Crippen MR) is 94.5 cm³/mol. The molecule has 136 valence electrons. The lowest BCUT2D eigenvalue weighted by atomic mass is 9.55. The Bertz CT molecular complexity index is 866. The minimum absolute atomic E-state index is 0.116. The van der Waals surface area contributed by atoms with Gasteiger partial charge in [0.05, 0.1) is 11.8 Å². The topological polar surface area (TPSA) is 77.5 Å². The van der Waals surface area contributed by atoms with Gasteiger partial charge < -0.3 is 9.90 Å². The molecule has 5 nitrogen and oxygen atoms in total. The van der Waals surface area contributed by atoms with Crippen molar-refractivity contribution >= 4 is 17.8 Å². The Morgan fingerprint density at radius 3 is 1.59 bits per heavy atom. The lowest BCUT2D eigenvalue weighted by Crippen LogP contribution is -2.41. The van der Waals surface area contributed by atoms with Gasteiger partial charge in [-0.25, -0.2) is 0 Å². The summed E-state index contributed by atoms with van der Waals surface area (Å²) in [6.07, 6.45) is 0.0776. The molecule has 4 aliphatic rings. The smallest absolute Gasteiger partial charge is 0.234 e. The number of likely N-dealkylation sites (tertiary alicyclic amines) is 1. The van der Waals surface area contributed by atoms with Crippen LogP contribution in [0.4, 0.5) is 0 Å². The summed E-state index contributed by atoms with van der Waals surface area (Å²) >= 11 is 0. The van der Waals surface area contributed by atoms with E-state index in [2.05, 4.69) is 24.3 Å². The maximum absolute atomic E-state index is 13.2. The Kier molecular flexibility index (Phi) is 3.47. The highest BCUT2D eigenvalue weighted by Gasteiger charge is 2.61. The normalized spacial score (nSPS) is 27.3. The van der Waals surface area contributed by atoms with Crippen LogP contribution in [0.25, 0.3) is 0 Å². The standard InChI is InChI=1S/C22H19NO4/c24-16(25)10-5-11-23-21(26)19-17-12-6-1-2-7-13(12)18(20(19)22(23)27)15-9-4-3-8-14(15)17/h1-4,6-9,17-20H,5,10-11H2,(H,24,25)/p-1/t17?,18?,19-,20+. The Morgan fingerprint density at radius 1 is 0.815 bits per heavy atom. The van der Waals surface area contributed by atoms with Gasteiger partial charge in [0.25, 0.3) is 0 Å². The molecule has 2 amide bonds. The van der Waals surface area contributed by atoms with Crippen LogP contribution < -0.4 is 5.11 Å². The second kappa shape index (κ2) is 5.78. The summed E-state index contributed by atoms with van der Waals surface area (Å²) in [5.41, 5.74) is 4.56. The van der Waals surface area contributed by atoms with Gasteiger partial charge in [-0.2, -0.15) is 0 Å². The van der Waals surface area contributed by atoms with Gasteiger partial charge in [-0.15, -0.1) is 0 Å². The number of hydrogen-bond acceptors (Lipinski definition) is 4. The molecule has 27 heavy (non-hydrogen) atoms. The maximum atomic E-state index is 13.2. The van der Waals surface area contributed by atoms with E-state index >= 15 is 0 Å². The van der Waals surface area contributed by atoms with Crippen LogP contribution in [0.2, 0.25) is 0 Å². The van der Waals surface area contributed by atoms with Crippen molar-refractivity contribution in [2.24, 2.45) is 11.8 Å². The van der Waals surface area contributed by atoms with E-state index in [1.807, 2.05) is 24.3 Å². The van der Waals surface area contributed by atoms with Gasteiger partial charge >= 0.3 is 0 Å². The fourth-order valence-corrected chi connectivity index (χ4v) is 5.34. The minimum Gasteiger partial charge on any atom is -0.550 e. The zero-order chi connectivity index (χ0) is 18.7. The van der Waals surface area contributed by atoms with E-state index < -0.39 is 17.8 Å². The Labute approximate surface area is 156 Å². The Balaban J connectivity index is 1.60. The van der Waals surface area contributed by atoms with Crippen molar-refractivity contribution in [2.75, 3.05) is 6.54 Å². The van der Waals surface area contributed by atoms with Crippen molar-refractivity contribution in [1.82, 2.24) is 4.90 Å². The molecule has 3 aliphatic carbocycles. The molecule has 0 radical (unpaired) electrons. The molecule has 2 atom stereocenters. The van der Waals surface area contributed by atoms with Crippen molar-refractivity contribution in [3.63, 3.8) is 0 Å². The quantitative estimate of drug-likeness (QED) is 0.773. The molecule has 0 aromatic heterocycles. The SMILES string of the molecule is O=C([O-])CCCN1C(=O)[C@@H]2C3c4ccccc4C(c4ccccc43)[C@@H]2C1=O. The fourth-order valence-electron chi connectivity index (χ4n) is 5.34. The first-order valence-electron chi connectivity index (χ1n) is 9.32. The van der Waals surface area contributed by atoms with Crippen molar-refractivity contribution in [3.8, 4) is 0 Å². The van der Waals surface area contributed by atoms with E-state index in [0.717, 1.165) is 22.3 Å². The number of carbonyl (C=O) groups is 3. The summed E-state index contributed by atoms with van der Waals surface area (Å²) in [7, 11) is 0. The highest BCUT2D eigenvalue weighted by molar-refractivity contribution is 6.07. The first-order valence-corrected chi connectivity index (χ1v) is 9.32. The molecule has 1 aliphatic heterocycles. The second-order valence-electron chi connectivity index (χ2n) is 7.57. The average molecular weight is 360 g/mol. The van der Waals surface area contributed by atoms with Crippen LogP contribution in [0.1, 0.15) is 46.9 Å². The highest BCUT2D eigenvalue weighted by atomic mass is 16.4. The third kappa shape index (κ3) is 2.14. The molecule has 2 bridgehead atoms. The Morgan fingerprint density at radius 2 is 1.22 bits per heavy atom. The van der Waals surface area contributed by atoms with Gasteiger partial charge in [-0.05, 0) is 35.1 Å². The van der Waals surface area contributed by atoms with Crippen molar-refractivity contribution in [2.45, 2.75) is 24.7 Å². The molecule has 1 fully saturated rings. The summed E-state index contributed by atoms with van der Waals surface area (Å²) in [4.78, 5) is 38.3. The fraction of sp³-hybridized carbons (Fsp3) is 0.318. The third-order valence-electron chi connectivity index (χ3n) is 6.30. The number of aliphatic carboxylic acids is 1.